The predicted molar refractivity (Wildman–Crippen MR) is 106 cm³/mol. The smallest absolute Gasteiger partial charge is 0.00772 e. The minimum absolute atomic E-state index is 1.25. The van der Waals surface area contributed by atoms with Crippen molar-refractivity contribution in [3.8, 4) is 0 Å². The van der Waals surface area contributed by atoms with Crippen LogP contribution < -0.4 is 26.6 Å². The van der Waals surface area contributed by atoms with E-state index < -0.39 is 0 Å². The van der Waals surface area contributed by atoms with Crippen molar-refractivity contribution in [2.24, 2.45) is 0 Å². The molecular formula is C19H43N5. The molecule has 5 nitrogen and oxygen atoms in total. The van der Waals surface area contributed by atoms with E-state index in [9.17, 15) is 0 Å². The van der Waals surface area contributed by atoms with Crippen molar-refractivity contribution in [3.05, 3.63) is 0 Å². The first kappa shape index (κ1) is 21.8. The Labute approximate surface area is 150 Å². The highest BCUT2D eigenvalue weighted by Crippen LogP contribution is 1.97. The molecule has 0 aromatic carbocycles. The van der Waals surface area contributed by atoms with E-state index in [1.165, 1.54) is 123 Å². The normalized spacial score (nSPS) is 24.0. The molecule has 5 N–H and O–H groups in total. The maximum Gasteiger partial charge on any atom is 0.00772 e. The predicted octanol–water partition coefficient (Wildman–Crippen LogP) is 1.46. The largest absolute Gasteiger partial charge is 0.317 e. The first-order valence-corrected chi connectivity index (χ1v) is 10.5. The molecule has 0 atom stereocenters. The molecule has 0 amide bonds. The van der Waals surface area contributed by atoms with Crippen molar-refractivity contribution >= 4 is 0 Å². The molecule has 0 saturated carbocycles. The summed E-state index contributed by atoms with van der Waals surface area (Å²) in [7, 11) is 0. The van der Waals surface area contributed by atoms with Gasteiger partial charge in [0.1, 0.15) is 0 Å². The minimum atomic E-state index is 1.25. The summed E-state index contributed by atoms with van der Waals surface area (Å²) in [5.41, 5.74) is 0. The van der Waals surface area contributed by atoms with Gasteiger partial charge in [0.2, 0.25) is 0 Å². The van der Waals surface area contributed by atoms with Gasteiger partial charge in [0.25, 0.3) is 0 Å². The molecule has 5 heterocycles. The van der Waals surface area contributed by atoms with Crippen molar-refractivity contribution < 1.29 is 0 Å². The lowest BCUT2D eigenvalue weighted by Gasteiger charge is -2.09. The van der Waals surface area contributed by atoms with E-state index in [2.05, 4.69) is 26.6 Å². The second kappa shape index (κ2) is 19.1. The lowest BCUT2D eigenvalue weighted by molar-refractivity contribution is 0.520. The highest BCUT2D eigenvalue weighted by atomic mass is 15.0. The fourth-order valence-corrected chi connectivity index (χ4v) is 2.41. The zero-order valence-corrected chi connectivity index (χ0v) is 15.9. The Kier molecular flexibility index (Phi) is 17.4. The van der Waals surface area contributed by atoms with Crippen LogP contribution in [0.15, 0.2) is 0 Å². The van der Waals surface area contributed by atoms with E-state index in [1.807, 2.05) is 0 Å². The van der Waals surface area contributed by atoms with Crippen molar-refractivity contribution in [1.29, 1.82) is 0 Å². The SMILES string of the molecule is C1CCNC1.C1CCNCC1.C1CCNCC1.C1CN1.C1CNC1. The monoisotopic (exact) mass is 341 g/mol. The zero-order valence-electron chi connectivity index (χ0n) is 15.9. The van der Waals surface area contributed by atoms with Crippen molar-refractivity contribution in [1.82, 2.24) is 26.6 Å². The van der Waals surface area contributed by atoms with Gasteiger partial charge < -0.3 is 26.6 Å². The summed E-state index contributed by atoms with van der Waals surface area (Å²) in [5.74, 6) is 0. The van der Waals surface area contributed by atoms with Crippen molar-refractivity contribution in [3.63, 3.8) is 0 Å². The third-order valence-corrected chi connectivity index (χ3v) is 4.33. The Balaban J connectivity index is 0.000000153. The Morgan fingerprint density at radius 3 is 0.458 bits per heavy atom. The molecular weight excluding hydrogens is 298 g/mol. The number of nitrogens with one attached hydrogen (secondary N) is 5. The van der Waals surface area contributed by atoms with Gasteiger partial charge in [-0.25, -0.2) is 0 Å². The lowest BCUT2D eigenvalue weighted by Crippen LogP contribution is -2.29. The Bertz CT molecular complexity index is 170. The van der Waals surface area contributed by atoms with Crippen LogP contribution >= 0.6 is 0 Å². The Morgan fingerprint density at radius 1 is 0.208 bits per heavy atom. The maximum absolute atomic E-state index is 3.28. The number of rotatable bonds is 0. The molecule has 5 saturated heterocycles. The van der Waals surface area contributed by atoms with Gasteiger partial charge in [0, 0.05) is 13.1 Å². The summed E-state index contributed by atoms with van der Waals surface area (Å²) in [6.45, 7) is 12.5. The number of piperidine rings is 2. The van der Waals surface area contributed by atoms with E-state index in [1.54, 1.807) is 0 Å². The van der Waals surface area contributed by atoms with Gasteiger partial charge in [0.05, 0.1) is 0 Å². The van der Waals surface area contributed by atoms with Crippen LogP contribution in [0.3, 0.4) is 0 Å². The van der Waals surface area contributed by atoms with Crippen LogP contribution in [0.1, 0.15) is 57.8 Å². The second-order valence-electron chi connectivity index (χ2n) is 6.93. The second-order valence-corrected chi connectivity index (χ2v) is 6.93. The summed E-state index contributed by atoms with van der Waals surface area (Å²) < 4.78 is 0. The molecule has 0 radical (unpaired) electrons. The van der Waals surface area contributed by atoms with Crippen LogP contribution in [0.4, 0.5) is 0 Å². The van der Waals surface area contributed by atoms with Crippen molar-refractivity contribution in [2.45, 2.75) is 57.8 Å². The van der Waals surface area contributed by atoms with Gasteiger partial charge in [-0.15, -0.1) is 0 Å². The standard InChI is InChI=1S/2C5H11N.C4H9N.C3H7N.C2H5N/c2*1-2-4-6-5-3-1;1-2-4-5-3-1;1-2-4-3-1;1-2-3-1/h2*6H,1-5H2;5H,1-4H2;4H,1-3H2;3H,1-2H2. The molecule has 144 valence electrons. The molecule has 5 rings (SSSR count). The van der Waals surface area contributed by atoms with Crippen LogP contribution in [0.2, 0.25) is 0 Å². The summed E-state index contributed by atoms with van der Waals surface area (Å²) >= 11 is 0. The van der Waals surface area contributed by atoms with Gasteiger partial charge >= 0.3 is 0 Å². The fourth-order valence-electron chi connectivity index (χ4n) is 2.41. The molecule has 0 aliphatic carbocycles. The molecule has 0 aromatic rings. The molecule has 24 heavy (non-hydrogen) atoms. The first-order valence-electron chi connectivity index (χ1n) is 10.5. The lowest BCUT2D eigenvalue weighted by atomic mass is 10.2. The molecule has 5 fully saturated rings. The molecule has 5 aliphatic rings. The Morgan fingerprint density at radius 2 is 0.375 bits per heavy atom. The fraction of sp³-hybridized carbons (Fsp3) is 1.00. The molecule has 0 unspecified atom stereocenters. The summed E-state index contributed by atoms with van der Waals surface area (Å²) in [5, 5.41) is 15.9. The Hall–Kier alpha value is -0.200. The van der Waals surface area contributed by atoms with E-state index >= 15 is 0 Å². The van der Waals surface area contributed by atoms with E-state index in [-0.39, 0.29) is 0 Å². The number of hydrogen-bond acceptors (Lipinski definition) is 5. The van der Waals surface area contributed by atoms with Gasteiger partial charge in [-0.3, -0.25) is 0 Å². The number of hydrogen-bond donors (Lipinski definition) is 5. The molecule has 5 heteroatoms. The summed E-state index contributed by atoms with van der Waals surface area (Å²) in [6.07, 6.45) is 12.6. The van der Waals surface area contributed by atoms with Crippen LogP contribution in [-0.4, -0.2) is 65.4 Å². The van der Waals surface area contributed by atoms with Gasteiger partial charge in [0.15, 0.2) is 0 Å². The molecule has 0 bridgehead atoms. The van der Waals surface area contributed by atoms with E-state index in [4.69, 9.17) is 0 Å². The minimum Gasteiger partial charge on any atom is -0.317 e. The summed E-state index contributed by atoms with van der Waals surface area (Å²) in [6, 6.07) is 0. The van der Waals surface area contributed by atoms with Crippen LogP contribution in [0.25, 0.3) is 0 Å². The topological polar surface area (TPSA) is 70.1 Å². The highest BCUT2D eigenvalue weighted by molar-refractivity contribution is 4.59. The quantitative estimate of drug-likeness (QED) is 0.432. The molecule has 0 aromatic heterocycles. The summed E-state index contributed by atoms with van der Waals surface area (Å²) in [4.78, 5) is 0. The average molecular weight is 342 g/mol. The zero-order chi connectivity index (χ0) is 17.0. The van der Waals surface area contributed by atoms with Gasteiger partial charge in [-0.1, -0.05) is 12.8 Å². The van der Waals surface area contributed by atoms with Crippen LogP contribution in [0, 0.1) is 0 Å². The van der Waals surface area contributed by atoms with Crippen LogP contribution in [-0.2, 0) is 0 Å². The highest BCUT2D eigenvalue weighted by Gasteiger charge is 1.95. The van der Waals surface area contributed by atoms with E-state index in [0.29, 0.717) is 0 Å². The average Bonchev–Trinajstić information content (AvgIpc) is 3.38. The third-order valence-electron chi connectivity index (χ3n) is 4.33. The maximum atomic E-state index is 3.28. The molecule has 0 spiro atoms. The van der Waals surface area contributed by atoms with Crippen molar-refractivity contribution in [2.75, 3.05) is 65.4 Å². The van der Waals surface area contributed by atoms with Gasteiger partial charge in [-0.05, 0) is 97.3 Å². The first-order chi connectivity index (χ1) is 12.0. The van der Waals surface area contributed by atoms with Gasteiger partial charge in [-0.2, -0.15) is 0 Å². The molecule has 5 aliphatic heterocycles. The van der Waals surface area contributed by atoms with Crippen LogP contribution in [0.5, 0.6) is 0 Å². The third kappa shape index (κ3) is 19.8. The van der Waals surface area contributed by atoms with E-state index in [0.717, 1.165) is 0 Å².